The van der Waals surface area contributed by atoms with Crippen molar-refractivity contribution in [1.82, 2.24) is 14.9 Å². The number of aliphatic hydroxyl groups is 1. The molecule has 0 spiro atoms. The molecule has 1 amide bonds. The molecule has 218 valence electrons. The van der Waals surface area contributed by atoms with Crippen LogP contribution in [0.4, 0.5) is 36.3 Å². The molecule has 0 saturated carbocycles. The average molecular weight is 589 g/mol. The number of hydrogen-bond donors (Lipinski definition) is 4. The van der Waals surface area contributed by atoms with Crippen molar-refractivity contribution in [2.75, 3.05) is 35.6 Å². The minimum Gasteiger partial charge on any atom is -0.382 e. The highest BCUT2D eigenvalue weighted by Gasteiger charge is 2.40. The first kappa shape index (κ1) is 29.1. The van der Waals surface area contributed by atoms with Crippen molar-refractivity contribution in [3.05, 3.63) is 70.4 Å². The Labute approximate surface area is 241 Å². The molecular formula is C29H32ClF3N6O2. The Morgan fingerprint density at radius 2 is 1.98 bits per heavy atom. The summed E-state index contributed by atoms with van der Waals surface area (Å²) >= 11 is 6.37. The van der Waals surface area contributed by atoms with Crippen molar-refractivity contribution in [3.8, 4) is 0 Å². The van der Waals surface area contributed by atoms with E-state index in [1.165, 1.54) is 6.20 Å². The van der Waals surface area contributed by atoms with E-state index >= 15 is 0 Å². The highest BCUT2D eigenvalue weighted by Crippen LogP contribution is 2.40. The third-order valence-electron chi connectivity index (χ3n) is 7.73. The Hall–Kier alpha value is -3.41. The third kappa shape index (κ3) is 6.42. The van der Waals surface area contributed by atoms with E-state index in [1.54, 1.807) is 4.90 Å². The number of amides is 1. The molecule has 2 unspecified atom stereocenters. The van der Waals surface area contributed by atoms with Crippen molar-refractivity contribution in [2.45, 2.75) is 56.8 Å². The number of rotatable bonds is 8. The standard InChI is InChI=1S/C29H32ClF3N6O2/c1-28(2)24-18(5-3-7-22(24)37-26(28)41)13-34-25-21(30)14-35-27(38-25)36-20-10-8-17(9-11-20)19-6-4-12-39(15-19)16-23(40)29(31,32)33/h3,5,7-11,14,19,23,40H,4,6,12-13,15-16H2,1-2H3,(H,37,41)(H2,34,35,36,38). The van der Waals surface area contributed by atoms with E-state index < -0.39 is 24.2 Å². The zero-order chi connectivity index (χ0) is 29.4. The molecule has 3 aromatic rings. The summed E-state index contributed by atoms with van der Waals surface area (Å²) < 4.78 is 38.4. The van der Waals surface area contributed by atoms with Crippen LogP contribution in [0.3, 0.4) is 0 Å². The van der Waals surface area contributed by atoms with Gasteiger partial charge in [0.15, 0.2) is 11.9 Å². The Morgan fingerprint density at radius 3 is 2.71 bits per heavy atom. The van der Waals surface area contributed by atoms with Gasteiger partial charge in [0.2, 0.25) is 11.9 Å². The van der Waals surface area contributed by atoms with Crippen LogP contribution in [0.2, 0.25) is 5.02 Å². The molecule has 1 saturated heterocycles. The van der Waals surface area contributed by atoms with Crippen LogP contribution in [0.1, 0.15) is 49.3 Å². The van der Waals surface area contributed by atoms with Gasteiger partial charge in [-0.25, -0.2) is 4.98 Å². The van der Waals surface area contributed by atoms with E-state index in [1.807, 2.05) is 56.3 Å². The van der Waals surface area contributed by atoms with Gasteiger partial charge < -0.3 is 21.1 Å². The minimum atomic E-state index is -4.62. The molecule has 5 rings (SSSR count). The molecule has 0 radical (unpaired) electrons. The number of hydrogen-bond acceptors (Lipinski definition) is 7. The number of alkyl halides is 3. The molecule has 2 aromatic carbocycles. The van der Waals surface area contributed by atoms with Crippen molar-refractivity contribution < 1.29 is 23.1 Å². The summed E-state index contributed by atoms with van der Waals surface area (Å²) in [6.45, 7) is 4.78. The molecule has 1 aromatic heterocycles. The van der Waals surface area contributed by atoms with Gasteiger partial charge in [-0.3, -0.25) is 9.69 Å². The highest BCUT2D eigenvalue weighted by molar-refractivity contribution is 6.32. The van der Waals surface area contributed by atoms with E-state index in [0.29, 0.717) is 36.4 Å². The molecule has 3 heterocycles. The van der Waals surface area contributed by atoms with E-state index in [9.17, 15) is 23.1 Å². The van der Waals surface area contributed by atoms with Gasteiger partial charge in [0, 0.05) is 31.0 Å². The van der Waals surface area contributed by atoms with Gasteiger partial charge in [-0.15, -0.1) is 0 Å². The van der Waals surface area contributed by atoms with Crippen molar-refractivity contribution in [1.29, 1.82) is 0 Å². The Kier molecular flexibility index (Phi) is 8.13. The summed E-state index contributed by atoms with van der Waals surface area (Å²) in [7, 11) is 0. The van der Waals surface area contributed by atoms with Gasteiger partial charge in [-0.1, -0.05) is 35.9 Å². The van der Waals surface area contributed by atoms with Crippen LogP contribution in [0.25, 0.3) is 0 Å². The Bertz CT molecular complexity index is 1420. The lowest BCUT2D eigenvalue weighted by atomic mass is 9.83. The number of nitrogens with one attached hydrogen (secondary N) is 3. The fourth-order valence-electron chi connectivity index (χ4n) is 5.52. The molecule has 1 fully saturated rings. The fourth-order valence-corrected chi connectivity index (χ4v) is 5.68. The van der Waals surface area contributed by atoms with Gasteiger partial charge in [-0.2, -0.15) is 18.2 Å². The number of halogens is 4. The molecule has 0 bridgehead atoms. The predicted molar refractivity (Wildman–Crippen MR) is 153 cm³/mol. The number of likely N-dealkylation sites (tertiary alicyclic amines) is 1. The van der Waals surface area contributed by atoms with Crippen LogP contribution < -0.4 is 16.0 Å². The number of fused-ring (bicyclic) bond motifs is 1. The SMILES string of the molecule is CC1(C)C(=O)Nc2cccc(CNc3nc(Nc4ccc(C5CCCN(CC(O)C(F)(F)F)C5)cc4)ncc3Cl)c21. The maximum Gasteiger partial charge on any atom is 0.415 e. The van der Waals surface area contributed by atoms with Crippen LogP contribution in [-0.4, -0.2) is 57.8 Å². The van der Waals surface area contributed by atoms with Crippen LogP contribution in [-0.2, 0) is 16.8 Å². The van der Waals surface area contributed by atoms with Gasteiger partial charge in [0.1, 0.15) is 5.02 Å². The molecule has 2 aliphatic rings. The highest BCUT2D eigenvalue weighted by atomic mass is 35.5. The molecule has 4 N–H and O–H groups in total. The lowest BCUT2D eigenvalue weighted by molar-refractivity contribution is -0.208. The predicted octanol–water partition coefficient (Wildman–Crippen LogP) is 5.82. The lowest BCUT2D eigenvalue weighted by Crippen LogP contribution is -2.44. The molecule has 2 aliphatic heterocycles. The zero-order valence-electron chi connectivity index (χ0n) is 22.7. The first-order valence-corrected chi connectivity index (χ1v) is 13.8. The van der Waals surface area contributed by atoms with Crippen LogP contribution in [0.15, 0.2) is 48.7 Å². The summed E-state index contributed by atoms with van der Waals surface area (Å²) in [6.07, 6.45) is -3.82. The second-order valence-corrected chi connectivity index (χ2v) is 11.5. The minimum absolute atomic E-state index is 0.0430. The molecule has 12 heteroatoms. The maximum absolute atomic E-state index is 12.8. The quantitative estimate of drug-likeness (QED) is 0.263. The number of anilines is 4. The first-order chi connectivity index (χ1) is 19.4. The van der Waals surface area contributed by atoms with Crippen LogP contribution in [0, 0.1) is 0 Å². The topological polar surface area (TPSA) is 102 Å². The summed E-state index contributed by atoms with van der Waals surface area (Å²) in [5.74, 6) is 0.816. The number of aromatic nitrogens is 2. The molecular weight excluding hydrogens is 557 g/mol. The van der Waals surface area contributed by atoms with Crippen LogP contribution >= 0.6 is 11.6 Å². The number of carbonyl (C=O) groups is 1. The van der Waals surface area contributed by atoms with Gasteiger partial charge in [0.25, 0.3) is 0 Å². The number of nitrogens with zero attached hydrogens (tertiary/aromatic N) is 3. The largest absolute Gasteiger partial charge is 0.415 e. The number of carbonyl (C=O) groups excluding carboxylic acids is 1. The molecule has 8 nitrogen and oxygen atoms in total. The lowest BCUT2D eigenvalue weighted by Gasteiger charge is -2.34. The van der Waals surface area contributed by atoms with Gasteiger partial charge >= 0.3 is 6.18 Å². The number of piperidine rings is 1. The second-order valence-electron chi connectivity index (χ2n) is 11.1. The summed E-state index contributed by atoms with van der Waals surface area (Å²) in [5.41, 5.74) is 3.82. The normalized spacial score (nSPS) is 19.4. The summed E-state index contributed by atoms with van der Waals surface area (Å²) in [6, 6.07) is 13.4. The number of benzene rings is 2. The monoisotopic (exact) mass is 588 g/mol. The molecule has 41 heavy (non-hydrogen) atoms. The van der Waals surface area contributed by atoms with Crippen molar-refractivity contribution >= 4 is 40.6 Å². The van der Waals surface area contributed by atoms with E-state index in [2.05, 4.69) is 25.9 Å². The zero-order valence-corrected chi connectivity index (χ0v) is 23.5. The maximum atomic E-state index is 12.8. The average Bonchev–Trinajstić information content (AvgIpc) is 3.17. The molecule has 2 atom stereocenters. The van der Waals surface area contributed by atoms with E-state index in [4.69, 9.17) is 11.6 Å². The number of aliphatic hydroxyl groups excluding tert-OH is 1. The molecule has 0 aliphatic carbocycles. The van der Waals surface area contributed by atoms with Gasteiger partial charge in [-0.05, 0) is 74.0 Å². The smallest absolute Gasteiger partial charge is 0.382 e. The summed E-state index contributed by atoms with van der Waals surface area (Å²) in [5, 5.41) is 19.2. The van der Waals surface area contributed by atoms with E-state index in [0.717, 1.165) is 40.9 Å². The van der Waals surface area contributed by atoms with Crippen molar-refractivity contribution in [3.63, 3.8) is 0 Å². The van der Waals surface area contributed by atoms with Crippen LogP contribution in [0.5, 0.6) is 0 Å². The van der Waals surface area contributed by atoms with E-state index in [-0.39, 0.29) is 11.8 Å². The van der Waals surface area contributed by atoms with Crippen molar-refractivity contribution in [2.24, 2.45) is 0 Å². The Balaban J connectivity index is 1.22. The Morgan fingerprint density at radius 1 is 1.22 bits per heavy atom. The number of β-amino-alcohol motifs (C(OH)–C–C–N with tert-alkyl or cyclic N) is 1. The fraction of sp³-hybridized carbons (Fsp3) is 0.414. The second kappa shape index (κ2) is 11.5. The third-order valence-corrected chi connectivity index (χ3v) is 8.01. The summed E-state index contributed by atoms with van der Waals surface area (Å²) in [4.78, 5) is 22.9. The van der Waals surface area contributed by atoms with Gasteiger partial charge in [0.05, 0.1) is 11.6 Å². The first-order valence-electron chi connectivity index (χ1n) is 13.5.